The minimum absolute atomic E-state index is 0.575. The third-order valence-electron chi connectivity index (χ3n) is 2.38. The van der Waals surface area contributed by atoms with Crippen molar-refractivity contribution in [3.8, 4) is 0 Å². The highest BCUT2D eigenvalue weighted by Crippen LogP contribution is 2.21. The molecule has 0 spiro atoms. The van der Waals surface area contributed by atoms with Crippen molar-refractivity contribution in [3.05, 3.63) is 35.6 Å². The number of fused-ring (bicyclic) bond motifs is 1. The summed E-state index contributed by atoms with van der Waals surface area (Å²) in [6.45, 7) is 2.02. The van der Waals surface area contributed by atoms with Crippen molar-refractivity contribution in [2.45, 2.75) is 19.8 Å². The zero-order valence-electron chi connectivity index (χ0n) is 8.12. The highest BCUT2D eigenvalue weighted by atomic mass is 16.3. The Morgan fingerprint density at radius 2 is 2.29 bits per heavy atom. The number of hydrogen-bond donors (Lipinski definition) is 0. The Balaban J connectivity index is 2.36. The molecule has 1 aromatic carbocycles. The second-order valence-electron chi connectivity index (χ2n) is 3.45. The third kappa shape index (κ3) is 1.55. The maximum Gasteiger partial charge on any atom is 0.134 e. The normalized spacial score (nSPS) is 10.6. The van der Waals surface area contributed by atoms with Crippen LogP contribution in [-0.2, 0) is 11.2 Å². The molecule has 0 atom stereocenters. The van der Waals surface area contributed by atoms with Gasteiger partial charge in [-0.3, -0.25) is 0 Å². The largest absolute Gasteiger partial charge is 0.464 e. The van der Waals surface area contributed by atoms with Gasteiger partial charge >= 0.3 is 0 Å². The number of hydrogen-bond acceptors (Lipinski definition) is 2. The number of benzene rings is 1. The Morgan fingerprint density at radius 1 is 1.43 bits per heavy atom. The molecule has 2 rings (SSSR count). The first-order valence-electron chi connectivity index (χ1n) is 4.71. The Hall–Kier alpha value is -1.57. The topological polar surface area (TPSA) is 30.2 Å². The molecule has 0 saturated heterocycles. The van der Waals surface area contributed by atoms with Crippen LogP contribution in [0.1, 0.15) is 17.5 Å². The van der Waals surface area contributed by atoms with Crippen LogP contribution in [0.15, 0.2) is 28.9 Å². The van der Waals surface area contributed by atoms with Crippen molar-refractivity contribution in [3.63, 3.8) is 0 Å². The number of aryl methyl sites for hydroxylation is 2. The molecular formula is C12H12O2. The minimum atomic E-state index is 0.575. The number of carbonyl (C=O) groups excluding carboxylic acids is 1. The lowest BCUT2D eigenvalue weighted by Gasteiger charge is -1.97. The number of furan rings is 1. The van der Waals surface area contributed by atoms with E-state index in [1.54, 1.807) is 6.26 Å². The first-order valence-corrected chi connectivity index (χ1v) is 4.71. The van der Waals surface area contributed by atoms with Gasteiger partial charge in [0.25, 0.3) is 0 Å². The third-order valence-corrected chi connectivity index (χ3v) is 2.38. The molecular weight excluding hydrogens is 176 g/mol. The van der Waals surface area contributed by atoms with Crippen LogP contribution in [0.25, 0.3) is 11.0 Å². The Bertz CT molecular complexity index is 454. The monoisotopic (exact) mass is 188 g/mol. The van der Waals surface area contributed by atoms with Gasteiger partial charge in [-0.25, -0.2) is 0 Å². The van der Waals surface area contributed by atoms with Crippen LogP contribution in [0.4, 0.5) is 0 Å². The summed E-state index contributed by atoms with van der Waals surface area (Å²) in [5.74, 6) is 0. The van der Waals surface area contributed by atoms with Gasteiger partial charge in [0, 0.05) is 11.8 Å². The van der Waals surface area contributed by atoms with Crippen LogP contribution in [0.2, 0.25) is 0 Å². The maximum absolute atomic E-state index is 10.2. The van der Waals surface area contributed by atoms with Crippen molar-refractivity contribution in [2.24, 2.45) is 0 Å². The second kappa shape index (κ2) is 3.66. The predicted molar refractivity (Wildman–Crippen MR) is 55.3 cm³/mol. The summed E-state index contributed by atoms with van der Waals surface area (Å²) in [6, 6.07) is 6.11. The number of aldehydes is 1. The fourth-order valence-electron chi connectivity index (χ4n) is 1.59. The summed E-state index contributed by atoms with van der Waals surface area (Å²) >= 11 is 0. The molecule has 1 aromatic heterocycles. The van der Waals surface area contributed by atoms with Gasteiger partial charge in [-0.15, -0.1) is 0 Å². The van der Waals surface area contributed by atoms with Crippen molar-refractivity contribution in [1.29, 1.82) is 0 Å². The molecule has 0 fully saturated rings. The van der Waals surface area contributed by atoms with E-state index in [4.69, 9.17) is 4.42 Å². The molecule has 0 aliphatic rings. The molecule has 72 valence electrons. The minimum Gasteiger partial charge on any atom is -0.464 e. The van der Waals surface area contributed by atoms with Crippen molar-refractivity contribution >= 4 is 17.3 Å². The number of rotatable bonds is 3. The lowest BCUT2D eigenvalue weighted by Crippen LogP contribution is -1.85. The summed E-state index contributed by atoms with van der Waals surface area (Å²) in [6.07, 6.45) is 4.07. The number of carbonyl (C=O) groups is 1. The van der Waals surface area contributed by atoms with Gasteiger partial charge in [0.15, 0.2) is 0 Å². The predicted octanol–water partition coefficient (Wildman–Crippen LogP) is 2.87. The molecule has 0 amide bonds. The molecule has 2 heteroatoms. The Kier molecular flexibility index (Phi) is 2.35. The van der Waals surface area contributed by atoms with Crippen molar-refractivity contribution in [2.75, 3.05) is 0 Å². The average Bonchev–Trinajstić information content (AvgIpc) is 2.57. The van der Waals surface area contributed by atoms with Crippen LogP contribution in [0.3, 0.4) is 0 Å². The van der Waals surface area contributed by atoms with Gasteiger partial charge in [0.1, 0.15) is 11.9 Å². The SMILES string of the molecule is Cc1coc2cc(CCC=O)ccc12. The molecule has 0 aliphatic carbocycles. The molecule has 2 nitrogen and oxygen atoms in total. The van der Waals surface area contributed by atoms with Crippen LogP contribution in [-0.4, -0.2) is 6.29 Å². The lowest BCUT2D eigenvalue weighted by molar-refractivity contribution is -0.107. The highest BCUT2D eigenvalue weighted by Gasteiger charge is 2.02. The molecule has 0 unspecified atom stereocenters. The molecule has 0 radical (unpaired) electrons. The molecule has 0 bridgehead atoms. The maximum atomic E-state index is 10.2. The van der Waals surface area contributed by atoms with Crippen LogP contribution >= 0.6 is 0 Å². The van der Waals surface area contributed by atoms with E-state index in [0.29, 0.717) is 6.42 Å². The molecule has 0 N–H and O–H groups in total. The summed E-state index contributed by atoms with van der Waals surface area (Å²) < 4.78 is 5.38. The van der Waals surface area contributed by atoms with Gasteiger partial charge in [-0.1, -0.05) is 12.1 Å². The van der Waals surface area contributed by atoms with E-state index in [9.17, 15) is 4.79 Å². The lowest BCUT2D eigenvalue weighted by atomic mass is 10.1. The van der Waals surface area contributed by atoms with E-state index >= 15 is 0 Å². The van der Waals surface area contributed by atoms with Crippen LogP contribution < -0.4 is 0 Å². The molecule has 0 saturated carbocycles. The Labute approximate surface area is 82.5 Å². The van der Waals surface area contributed by atoms with E-state index < -0.39 is 0 Å². The van der Waals surface area contributed by atoms with Gasteiger partial charge in [-0.2, -0.15) is 0 Å². The van der Waals surface area contributed by atoms with Crippen molar-refractivity contribution < 1.29 is 9.21 Å². The standard InChI is InChI=1S/C12H12O2/c1-9-8-14-12-7-10(3-2-6-13)4-5-11(9)12/h4-8H,2-3H2,1H3. The van der Waals surface area contributed by atoms with E-state index in [0.717, 1.165) is 34.8 Å². The second-order valence-corrected chi connectivity index (χ2v) is 3.45. The van der Waals surface area contributed by atoms with Gasteiger partial charge in [-0.05, 0) is 30.5 Å². The molecule has 14 heavy (non-hydrogen) atoms. The van der Waals surface area contributed by atoms with Gasteiger partial charge < -0.3 is 9.21 Å². The smallest absolute Gasteiger partial charge is 0.134 e. The highest BCUT2D eigenvalue weighted by molar-refractivity contribution is 5.81. The van der Waals surface area contributed by atoms with E-state index in [-0.39, 0.29) is 0 Å². The van der Waals surface area contributed by atoms with Gasteiger partial charge in [0.2, 0.25) is 0 Å². The molecule has 2 aromatic rings. The first kappa shape index (κ1) is 9.00. The first-order chi connectivity index (χ1) is 6.81. The summed E-state index contributed by atoms with van der Waals surface area (Å²) in [4.78, 5) is 10.2. The van der Waals surface area contributed by atoms with Crippen LogP contribution in [0.5, 0.6) is 0 Å². The quantitative estimate of drug-likeness (QED) is 0.693. The van der Waals surface area contributed by atoms with Gasteiger partial charge in [0.05, 0.1) is 6.26 Å². The van der Waals surface area contributed by atoms with E-state index in [2.05, 4.69) is 0 Å². The van der Waals surface area contributed by atoms with Crippen LogP contribution in [0, 0.1) is 6.92 Å². The molecule has 1 heterocycles. The fraction of sp³-hybridized carbons (Fsp3) is 0.250. The fourth-order valence-corrected chi connectivity index (χ4v) is 1.59. The Morgan fingerprint density at radius 3 is 3.07 bits per heavy atom. The zero-order valence-corrected chi connectivity index (χ0v) is 8.12. The van der Waals surface area contributed by atoms with Crippen molar-refractivity contribution in [1.82, 2.24) is 0 Å². The zero-order chi connectivity index (χ0) is 9.97. The molecule has 0 aliphatic heterocycles. The summed E-state index contributed by atoms with van der Waals surface area (Å²) in [5, 5.41) is 1.15. The average molecular weight is 188 g/mol. The summed E-state index contributed by atoms with van der Waals surface area (Å²) in [5.41, 5.74) is 3.21. The van der Waals surface area contributed by atoms with E-state index in [1.807, 2.05) is 25.1 Å². The summed E-state index contributed by atoms with van der Waals surface area (Å²) in [7, 11) is 0. The van der Waals surface area contributed by atoms with E-state index in [1.165, 1.54) is 0 Å².